The number of hydrogen-bond donors (Lipinski definition) is 4. The van der Waals surface area contributed by atoms with Crippen LogP contribution >= 0.6 is 47.6 Å². The molecule has 0 aliphatic rings. The Hall–Kier alpha value is -1.67. The van der Waals surface area contributed by atoms with Crippen LogP contribution in [0.4, 0.5) is 11.4 Å². The number of halogens is 2. The van der Waals surface area contributed by atoms with Gasteiger partial charge in [-0.1, -0.05) is 23.2 Å². The van der Waals surface area contributed by atoms with Gasteiger partial charge in [0, 0.05) is 21.9 Å². The molecule has 0 radical (unpaired) electrons. The molecular weight excluding hydrogens is 361 g/mol. The highest BCUT2D eigenvalue weighted by molar-refractivity contribution is 7.81. The summed E-state index contributed by atoms with van der Waals surface area (Å²) in [6, 6.07) is 8.68. The summed E-state index contributed by atoms with van der Waals surface area (Å²) in [5, 5.41) is 7.57. The lowest BCUT2D eigenvalue weighted by Gasteiger charge is -2.14. The molecule has 0 fully saturated rings. The molecule has 0 aliphatic carbocycles. The molecule has 1 aromatic carbocycles. The molecule has 0 atom stereocenters. The second-order valence-electron chi connectivity index (χ2n) is 4.06. The topological polar surface area (TPSA) is 61.0 Å². The first-order valence-corrected chi connectivity index (χ1v) is 7.60. The summed E-state index contributed by atoms with van der Waals surface area (Å²) in [7, 11) is 0. The van der Waals surface area contributed by atoms with Crippen LogP contribution < -0.4 is 21.5 Å². The number of aromatic nitrogens is 1. The summed E-state index contributed by atoms with van der Waals surface area (Å²) in [5.41, 5.74) is 6.94. The molecule has 1 heterocycles. The van der Waals surface area contributed by atoms with Gasteiger partial charge in [0.25, 0.3) is 0 Å². The molecular formula is C13H11Cl2N5S2. The maximum atomic E-state index is 5.91. The molecule has 0 unspecified atom stereocenters. The van der Waals surface area contributed by atoms with Gasteiger partial charge in [0.15, 0.2) is 10.2 Å². The summed E-state index contributed by atoms with van der Waals surface area (Å²) in [6.45, 7) is 0. The van der Waals surface area contributed by atoms with E-state index in [0.717, 1.165) is 5.69 Å². The quantitative estimate of drug-likeness (QED) is 0.475. The third-order valence-corrected chi connectivity index (χ3v) is 3.17. The number of pyridine rings is 1. The summed E-state index contributed by atoms with van der Waals surface area (Å²) < 4.78 is 0. The van der Waals surface area contributed by atoms with Crippen molar-refractivity contribution in [3.63, 3.8) is 0 Å². The summed E-state index contributed by atoms with van der Waals surface area (Å²) in [4.78, 5) is 3.97. The van der Waals surface area contributed by atoms with Crippen molar-refractivity contribution in [2.75, 3.05) is 10.6 Å². The van der Waals surface area contributed by atoms with E-state index in [1.807, 2.05) is 6.07 Å². The Bertz CT molecular complexity index is 661. The van der Waals surface area contributed by atoms with Crippen LogP contribution in [0.2, 0.25) is 10.0 Å². The fraction of sp³-hybridized carbons (Fsp3) is 0. The molecule has 22 heavy (non-hydrogen) atoms. The lowest BCUT2D eigenvalue weighted by atomic mass is 10.3. The van der Waals surface area contributed by atoms with E-state index in [0.29, 0.717) is 26.0 Å². The number of thiocarbonyl (C=S) groups is 2. The van der Waals surface area contributed by atoms with E-state index < -0.39 is 0 Å². The number of nitrogens with one attached hydrogen (secondary N) is 4. The first-order chi connectivity index (χ1) is 10.5. The van der Waals surface area contributed by atoms with Gasteiger partial charge in [0.2, 0.25) is 0 Å². The lowest BCUT2D eigenvalue weighted by molar-refractivity contribution is 0.885. The third kappa shape index (κ3) is 5.61. The molecule has 0 bridgehead atoms. The molecule has 1 aromatic heterocycles. The zero-order valence-corrected chi connectivity index (χ0v) is 14.2. The van der Waals surface area contributed by atoms with Crippen LogP contribution in [0.3, 0.4) is 0 Å². The standard InChI is InChI=1S/C13H11Cl2N5S2/c14-8-4-9(15)6-11(5-8)18-13(22)20-19-12(21)17-10-2-1-3-16-7-10/h1-7H,(H2,17,19,21)(H2,18,20,22). The maximum Gasteiger partial charge on any atom is 0.189 e. The fourth-order valence-corrected chi connectivity index (χ4v) is 2.36. The Morgan fingerprint density at radius 2 is 1.50 bits per heavy atom. The van der Waals surface area contributed by atoms with Crippen molar-refractivity contribution in [3.05, 3.63) is 52.8 Å². The number of hydrazine groups is 1. The van der Waals surface area contributed by atoms with Crippen molar-refractivity contribution >= 4 is 69.2 Å². The van der Waals surface area contributed by atoms with Gasteiger partial charge in [0.05, 0.1) is 11.9 Å². The molecule has 0 amide bonds. The van der Waals surface area contributed by atoms with E-state index in [2.05, 4.69) is 26.5 Å². The maximum absolute atomic E-state index is 5.91. The van der Waals surface area contributed by atoms with Crippen molar-refractivity contribution in [1.82, 2.24) is 15.8 Å². The van der Waals surface area contributed by atoms with Gasteiger partial charge in [-0.2, -0.15) is 0 Å². The van der Waals surface area contributed by atoms with Gasteiger partial charge >= 0.3 is 0 Å². The van der Waals surface area contributed by atoms with E-state index in [4.69, 9.17) is 47.6 Å². The molecule has 2 aromatic rings. The van der Waals surface area contributed by atoms with Gasteiger partial charge in [-0.15, -0.1) is 0 Å². The van der Waals surface area contributed by atoms with Crippen molar-refractivity contribution in [2.24, 2.45) is 0 Å². The second kappa shape index (κ2) is 8.09. The van der Waals surface area contributed by atoms with E-state index in [-0.39, 0.29) is 0 Å². The Balaban J connectivity index is 1.81. The van der Waals surface area contributed by atoms with E-state index >= 15 is 0 Å². The lowest BCUT2D eigenvalue weighted by Crippen LogP contribution is -2.45. The van der Waals surface area contributed by atoms with Crippen LogP contribution in [0.1, 0.15) is 0 Å². The minimum atomic E-state index is 0.314. The average molecular weight is 372 g/mol. The first-order valence-electron chi connectivity index (χ1n) is 6.03. The Labute approximate surface area is 148 Å². The summed E-state index contributed by atoms with van der Waals surface area (Å²) in [5.74, 6) is 0. The monoisotopic (exact) mass is 371 g/mol. The van der Waals surface area contributed by atoms with Gasteiger partial charge in [0.1, 0.15) is 0 Å². The van der Waals surface area contributed by atoms with Crippen molar-refractivity contribution in [2.45, 2.75) is 0 Å². The smallest absolute Gasteiger partial charge is 0.189 e. The van der Waals surface area contributed by atoms with Crippen LogP contribution in [0.5, 0.6) is 0 Å². The number of nitrogens with zero attached hydrogens (tertiary/aromatic N) is 1. The van der Waals surface area contributed by atoms with Crippen molar-refractivity contribution < 1.29 is 0 Å². The molecule has 0 aliphatic heterocycles. The SMILES string of the molecule is S=C(NNC(=S)Nc1cc(Cl)cc(Cl)c1)Nc1cccnc1. The molecule has 0 saturated carbocycles. The minimum Gasteiger partial charge on any atom is -0.331 e. The Morgan fingerprint density at radius 1 is 0.909 bits per heavy atom. The average Bonchev–Trinajstić information content (AvgIpc) is 2.45. The summed E-state index contributed by atoms with van der Waals surface area (Å²) in [6.07, 6.45) is 3.33. The van der Waals surface area contributed by atoms with Gasteiger partial charge < -0.3 is 10.6 Å². The number of anilines is 2. The highest BCUT2D eigenvalue weighted by Gasteiger charge is 2.02. The fourth-order valence-electron chi connectivity index (χ4n) is 1.50. The molecule has 0 spiro atoms. The van der Waals surface area contributed by atoms with Crippen LogP contribution in [0.25, 0.3) is 0 Å². The normalized spacial score (nSPS) is 9.73. The predicted octanol–water partition coefficient (Wildman–Crippen LogP) is 3.58. The van der Waals surface area contributed by atoms with Crippen molar-refractivity contribution in [3.8, 4) is 0 Å². The summed E-state index contributed by atoms with van der Waals surface area (Å²) >= 11 is 22.1. The van der Waals surface area contributed by atoms with Crippen LogP contribution in [-0.2, 0) is 0 Å². The first kappa shape index (κ1) is 16.7. The zero-order valence-electron chi connectivity index (χ0n) is 11.1. The van der Waals surface area contributed by atoms with E-state index in [1.54, 1.807) is 36.7 Å². The molecule has 114 valence electrons. The highest BCUT2D eigenvalue weighted by Crippen LogP contribution is 2.22. The molecule has 0 saturated heterocycles. The van der Waals surface area contributed by atoms with Crippen LogP contribution in [0, 0.1) is 0 Å². The largest absolute Gasteiger partial charge is 0.331 e. The zero-order chi connectivity index (χ0) is 15.9. The van der Waals surface area contributed by atoms with Crippen LogP contribution in [0.15, 0.2) is 42.7 Å². The molecule has 4 N–H and O–H groups in total. The number of rotatable bonds is 2. The third-order valence-electron chi connectivity index (χ3n) is 2.33. The number of hydrogen-bond acceptors (Lipinski definition) is 3. The highest BCUT2D eigenvalue weighted by atomic mass is 35.5. The second-order valence-corrected chi connectivity index (χ2v) is 5.75. The molecule has 9 heteroatoms. The minimum absolute atomic E-state index is 0.314. The molecule has 5 nitrogen and oxygen atoms in total. The molecule has 2 rings (SSSR count). The van der Waals surface area contributed by atoms with Gasteiger partial charge in [-0.25, -0.2) is 0 Å². The number of benzene rings is 1. The Kier molecular flexibility index (Phi) is 6.14. The van der Waals surface area contributed by atoms with E-state index in [1.165, 1.54) is 0 Å². The van der Waals surface area contributed by atoms with Gasteiger partial charge in [-0.05, 0) is 54.8 Å². The van der Waals surface area contributed by atoms with Crippen LogP contribution in [-0.4, -0.2) is 15.2 Å². The Morgan fingerprint density at radius 3 is 2.05 bits per heavy atom. The van der Waals surface area contributed by atoms with Gasteiger partial charge in [-0.3, -0.25) is 15.8 Å². The van der Waals surface area contributed by atoms with E-state index in [9.17, 15) is 0 Å². The van der Waals surface area contributed by atoms with Crippen molar-refractivity contribution in [1.29, 1.82) is 0 Å². The predicted molar refractivity (Wildman–Crippen MR) is 99.4 cm³/mol.